The Morgan fingerprint density at radius 2 is 2.64 bits per heavy atom. The molecule has 0 saturated carbocycles. The number of cyclic esters (lactones) is 2. The number of ether oxygens (including phenoxy) is 3. The van der Waals surface area contributed by atoms with Gasteiger partial charge < -0.3 is 14.2 Å². The minimum Gasteiger partial charge on any atom is -0.425 e. The molecule has 0 aromatic rings. The first-order chi connectivity index (χ1) is 5.16. The molecule has 1 atom stereocenters. The minimum atomic E-state index is -1.50. The second-order valence-electron chi connectivity index (χ2n) is 1.95. The van der Waals surface area contributed by atoms with Crippen LogP contribution in [0.15, 0.2) is 0 Å². The average Bonchev–Trinajstić information content (AvgIpc) is 2.28. The van der Waals surface area contributed by atoms with E-state index in [4.69, 9.17) is 16.9 Å². The van der Waals surface area contributed by atoms with Crippen LogP contribution in [0, 0.1) is 12.3 Å². The number of terminal acetylenes is 1. The SMILES string of the molecule is C#CCOC1(N)COC(=O)O1. The van der Waals surface area contributed by atoms with Crippen LogP contribution in [0.3, 0.4) is 0 Å². The zero-order chi connectivity index (χ0) is 8.32. The van der Waals surface area contributed by atoms with Gasteiger partial charge in [-0.15, -0.1) is 6.42 Å². The molecule has 0 amide bonds. The van der Waals surface area contributed by atoms with E-state index in [1.165, 1.54) is 0 Å². The third-order valence-corrected chi connectivity index (χ3v) is 1.05. The molecule has 0 aromatic heterocycles. The van der Waals surface area contributed by atoms with Crippen LogP contribution in [-0.4, -0.2) is 25.3 Å². The summed E-state index contributed by atoms with van der Waals surface area (Å²) in [6.45, 7) is -0.152. The Bertz CT molecular complexity index is 209. The van der Waals surface area contributed by atoms with Gasteiger partial charge in [-0.3, -0.25) is 5.73 Å². The van der Waals surface area contributed by atoms with Crippen molar-refractivity contribution in [3.63, 3.8) is 0 Å². The molecule has 2 N–H and O–H groups in total. The quantitative estimate of drug-likeness (QED) is 0.329. The van der Waals surface area contributed by atoms with E-state index in [1.54, 1.807) is 0 Å². The number of rotatable bonds is 2. The van der Waals surface area contributed by atoms with Crippen molar-refractivity contribution >= 4 is 6.16 Å². The van der Waals surface area contributed by atoms with Crippen LogP contribution in [0.5, 0.6) is 0 Å². The van der Waals surface area contributed by atoms with Crippen molar-refractivity contribution in [1.82, 2.24) is 0 Å². The van der Waals surface area contributed by atoms with Crippen molar-refractivity contribution in [3.8, 4) is 12.3 Å². The lowest BCUT2D eigenvalue weighted by atomic mass is 10.5. The van der Waals surface area contributed by atoms with Gasteiger partial charge in [0.15, 0.2) is 6.61 Å². The maximum atomic E-state index is 10.4. The van der Waals surface area contributed by atoms with Gasteiger partial charge in [0.2, 0.25) is 0 Å². The molecule has 5 heteroatoms. The molecule has 1 unspecified atom stereocenters. The highest BCUT2D eigenvalue weighted by molar-refractivity contribution is 5.62. The van der Waals surface area contributed by atoms with Gasteiger partial charge in [0.25, 0.3) is 0 Å². The number of hydrogen-bond acceptors (Lipinski definition) is 5. The van der Waals surface area contributed by atoms with Crippen molar-refractivity contribution in [2.75, 3.05) is 13.2 Å². The van der Waals surface area contributed by atoms with Gasteiger partial charge in [0, 0.05) is 0 Å². The summed E-state index contributed by atoms with van der Waals surface area (Å²) in [5, 5.41) is 0. The molecule has 0 spiro atoms. The van der Waals surface area contributed by atoms with Gasteiger partial charge in [-0.05, 0) is 0 Å². The lowest BCUT2D eigenvalue weighted by Gasteiger charge is -2.17. The Labute approximate surface area is 63.4 Å². The van der Waals surface area contributed by atoms with E-state index < -0.39 is 12.1 Å². The Hall–Kier alpha value is -1.25. The molecule has 1 saturated heterocycles. The van der Waals surface area contributed by atoms with Crippen LogP contribution in [0.4, 0.5) is 4.79 Å². The highest BCUT2D eigenvalue weighted by Crippen LogP contribution is 2.14. The molecule has 1 rings (SSSR count). The smallest absolute Gasteiger partial charge is 0.425 e. The molecule has 1 aliphatic rings. The highest BCUT2D eigenvalue weighted by Gasteiger charge is 2.39. The van der Waals surface area contributed by atoms with Gasteiger partial charge >= 0.3 is 12.1 Å². The van der Waals surface area contributed by atoms with Crippen molar-refractivity contribution in [2.45, 2.75) is 5.91 Å². The van der Waals surface area contributed by atoms with E-state index in [-0.39, 0.29) is 13.2 Å². The molecule has 11 heavy (non-hydrogen) atoms. The lowest BCUT2D eigenvalue weighted by Crippen LogP contribution is -2.45. The largest absolute Gasteiger partial charge is 0.512 e. The first kappa shape index (κ1) is 7.85. The summed E-state index contributed by atoms with van der Waals surface area (Å²) in [6.07, 6.45) is 4.05. The third kappa shape index (κ3) is 1.83. The zero-order valence-corrected chi connectivity index (χ0v) is 5.70. The van der Waals surface area contributed by atoms with Crippen molar-refractivity contribution in [1.29, 1.82) is 0 Å². The summed E-state index contributed by atoms with van der Waals surface area (Å²) in [5.74, 6) is 0.689. The predicted octanol–water partition coefficient (Wildman–Crippen LogP) is -0.584. The summed E-state index contributed by atoms with van der Waals surface area (Å²) >= 11 is 0. The molecule has 0 aliphatic carbocycles. The summed E-state index contributed by atoms with van der Waals surface area (Å²) < 4.78 is 13.6. The van der Waals surface area contributed by atoms with E-state index in [2.05, 4.69) is 15.4 Å². The van der Waals surface area contributed by atoms with E-state index >= 15 is 0 Å². The Kier molecular flexibility index (Phi) is 1.98. The second kappa shape index (κ2) is 2.78. The molecule has 1 aliphatic heterocycles. The summed E-state index contributed by atoms with van der Waals surface area (Å²) in [4.78, 5) is 10.4. The van der Waals surface area contributed by atoms with Gasteiger partial charge in [-0.25, -0.2) is 4.79 Å². The summed E-state index contributed by atoms with van der Waals surface area (Å²) in [5.41, 5.74) is 5.35. The fourth-order valence-electron chi connectivity index (χ4n) is 0.594. The predicted molar refractivity (Wildman–Crippen MR) is 34.1 cm³/mol. The fraction of sp³-hybridized carbons (Fsp3) is 0.500. The van der Waals surface area contributed by atoms with Gasteiger partial charge in [0.05, 0.1) is 0 Å². The number of carbonyl (C=O) groups is 1. The number of nitrogens with two attached hydrogens (primary N) is 1. The first-order valence-corrected chi connectivity index (χ1v) is 2.88. The maximum Gasteiger partial charge on any atom is 0.512 e. The molecule has 0 aromatic carbocycles. The minimum absolute atomic E-state index is 0.0207. The van der Waals surface area contributed by atoms with Gasteiger partial charge in [0.1, 0.15) is 6.61 Å². The Morgan fingerprint density at radius 3 is 3.09 bits per heavy atom. The topological polar surface area (TPSA) is 70.8 Å². The van der Waals surface area contributed by atoms with Crippen molar-refractivity contribution < 1.29 is 19.0 Å². The monoisotopic (exact) mass is 157 g/mol. The molecular formula is C6H7NO4. The Morgan fingerprint density at radius 1 is 1.91 bits per heavy atom. The molecule has 60 valence electrons. The van der Waals surface area contributed by atoms with E-state index in [9.17, 15) is 4.79 Å². The van der Waals surface area contributed by atoms with Crippen molar-refractivity contribution in [3.05, 3.63) is 0 Å². The maximum absolute atomic E-state index is 10.4. The van der Waals surface area contributed by atoms with Crippen molar-refractivity contribution in [2.24, 2.45) is 5.73 Å². The molecule has 0 radical (unpaired) electrons. The average molecular weight is 157 g/mol. The van der Waals surface area contributed by atoms with E-state index in [1.807, 2.05) is 0 Å². The van der Waals surface area contributed by atoms with E-state index in [0.29, 0.717) is 0 Å². The number of hydrogen-bond donors (Lipinski definition) is 1. The van der Waals surface area contributed by atoms with E-state index in [0.717, 1.165) is 0 Å². The highest BCUT2D eigenvalue weighted by atomic mass is 16.9. The molecule has 5 nitrogen and oxygen atoms in total. The first-order valence-electron chi connectivity index (χ1n) is 2.88. The normalized spacial score (nSPS) is 28.9. The fourth-order valence-corrected chi connectivity index (χ4v) is 0.594. The van der Waals surface area contributed by atoms with Crippen LogP contribution in [0.25, 0.3) is 0 Å². The van der Waals surface area contributed by atoms with Gasteiger partial charge in [-0.1, -0.05) is 5.92 Å². The van der Waals surface area contributed by atoms with Crippen LogP contribution in [-0.2, 0) is 14.2 Å². The second-order valence-corrected chi connectivity index (χ2v) is 1.95. The Balaban J connectivity index is 2.43. The summed E-state index contributed by atoms with van der Waals surface area (Å²) in [6, 6.07) is 0. The van der Waals surface area contributed by atoms with Crippen LogP contribution < -0.4 is 5.73 Å². The van der Waals surface area contributed by atoms with Crippen LogP contribution in [0.2, 0.25) is 0 Å². The third-order valence-electron chi connectivity index (χ3n) is 1.05. The lowest BCUT2D eigenvalue weighted by molar-refractivity contribution is -0.165. The van der Waals surface area contributed by atoms with Gasteiger partial charge in [-0.2, -0.15) is 0 Å². The zero-order valence-electron chi connectivity index (χ0n) is 5.70. The molecule has 1 heterocycles. The molecule has 0 bridgehead atoms. The van der Waals surface area contributed by atoms with Crippen LogP contribution in [0.1, 0.15) is 0 Å². The number of carbonyl (C=O) groups excluding carboxylic acids is 1. The van der Waals surface area contributed by atoms with Crippen LogP contribution >= 0.6 is 0 Å². The molecular weight excluding hydrogens is 150 g/mol. The standard InChI is InChI=1S/C6H7NO4/c1-2-3-10-6(7)4-9-5(8)11-6/h1H,3-4,7H2. The summed E-state index contributed by atoms with van der Waals surface area (Å²) in [7, 11) is 0. The molecule has 1 fully saturated rings.